The van der Waals surface area contributed by atoms with Gasteiger partial charge in [0.1, 0.15) is 23.8 Å². The second kappa shape index (κ2) is 11.0. The molecule has 0 saturated carbocycles. The molecule has 2 heterocycles. The minimum Gasteiger partial charge on any atom is -0.492 e. The largest absolute Gasteiger partial charge is 0.492 e. The molecule has 0 radical (unpaired) electrons. The van der Waals surface area contributed by atoms with E-state index in [0.29, 0.717) is 39.1 Å². The Morgan fingerprint density at radius 2 is 1.90 bits per heavy atom. The molecule has 7 heteroatoms. The Hall–Kier alpha value is -2.83. The van der Waals surface area contributed by atoms with E-state index in [4.69, 9.17) is 14.9 Å². The van der Waals surface area contributed by atoms with Gasteiger partial charge in [0.25, 0.3) is 0 Å². The number of aromatic nitrogens is 1. The number of fused-ring (bicyclic) bond motifs is 1. The van der Waals surface area contributed by atoms with E-state index in [2.05, 4.69) is 17.1 Å². The third kappa shape index (κ3) is 6.09. The van der Waals surface area contributed by atoms with Gasteiger partial charge in [0.05, 0.1) is 13.0 Å². The number of halogens is 1. The van der Waals surface area contributed by atoms with Gasteiger partial charge >= 0.3 is 0 Å². The first kappa shape index (κ1) is 22.8. The molecule has 0 atom stereocenters. The molecule has 4 rings (SSSR count). The van der Waals surface area contributed by atoms with Crippen LogP contribution in [0.4, 0.5) is 0 Å². The van der Waals surface area contributed by atoms with Crippen LogP contribution in [0.3, 0.4) is 0 Å². The van der Waals surface area contributed by atoms with E-state index in [1.165, 1.54) is 5.56 Å². The number of hydrogen-bond acceptors (Lipinski definition) is 5. The van der Waals surface area contributed by atoms with E-state index < -0.39 is 0 Å². The fourth-order valence-corrected chi connectivity index (χ4v) is 3.68. The quantitative estimate of drug-likeness (QED) is 0.579. The van der Waals surface area contributed by atoms with Crippen molar-refractivity contribution in [3.05, 3.63) is 83.1 Å². The molecule has 2 aromatic carbocycles. The molecule has 1 aliphatic rings. The SMILES string of the molecule is Cl.NCCOc1cccc(CC(=O)N2CCc3oc(CCc4ccccc4)nc3C2)c1. The Morgan fingerprint density at radius 1 is 1.10 bits per heavy atom. The summed E-state index contributed by atoms with van der Waals surface area (Å²) < 4.78 is 11.5. The van der Waals surface area contributed by atoms with Gasteiger partial charge in [-0.15, -0.1) is 12.4 Å². The monoisotopic (exact) mass is 441 g/mol. The highest BCUT2D eigenvalue weighted by Crippen LogP contribution is 2.22. The highest BCUT2D eigenvalue weighted by molar-refractivity contribution is 5.85. The van der Waals surface area contributed by atoms with E-state index in [-0.39, 0.29) is 18.3 Å². The Labute approximate surface area is 188 Å². The zero-order valence-electron chi connectivity index (χ0n) is 17.5. The lowest BCUT2D eigenvalue weighted by Gasteiger charge is -2.25. The molecule has 164 valence electrons. The number of carbonyl (C=O) groups excluding carboxylic acids is 1. The normalized spacial score (nSPS) is 12.7. The Morgan fingerprint density at radius 3 is 2.71 bits per heavy atom. The number of rotatable bonds is 8. The minimum atomic E-state index is 0. The predicted octanol–water partition coefficient (Wildman–Crippen LogP) is 3.35. The second-order valence-corrected chi connectivity index (χ2v) is 7.49. The minimum absolute atomic E-state index is 0. The maximum Gasteiger partial charge on any atom is 0.227 e. The molecule has 0 unspecified atom stereocenters. The number of benzene rings is 2. The Kier molecular flexibility index (Phi) is 8.09. The maximum absolute atomic E-state index is 12.8. The summed E-state index contributed by atoms with van der Waals surface area (Å²) in [6.07, 6.45) is 2.71. The van der Waals surface area contributed by atoms with Crippen molar-refractivity contribution in [3.8, 4) is 5.75 Å². The molecular weight excluding hydrogens is 414 g/mol. The summed E-state index contributed by atoms with van der Waals surface area (Å²) in [4.78, 5) is 19.3. The van der Waals surface area contributed by atoms with E-state index in [1.807, 2.05) is 47.4 Å². The average Bonchev–Trinajstić information content (AvgIpc) is 3.19. The number of nitrogens with two attached hydrogens (primary N) is 1. The molecule has 6 nitrogen and oxygen atoms in total. The van der Waals surface area contributed by atoms with Crippen molar-refractivity contribution in [2.75, 3.05) is 19.7 Å². The van der Waals surface area contributed by atoms with Gasteiger partial charge in [-0.3, -0.25) is 4.79 Å². The first-order valence-electron chi connectivity index (χ1n) is 10.4. The van der Waals surface area contributed by atoms with Crippen LogP contribution < -0.4 is 10.5 Å². The Bertz CT molecular complexity index is 991. The van der Waals surface area contributed by atoms with Gasteiger partial charge in [-0.2, -0.15) is 0 Å². The van der Waals surface area contributed by atoms with Crippen LogP contribution in [0, 0.1) is 0 Å². The molecule has 0 fully saturated rings. The van der Waals surface area contributed by atoms with Gasteiger partial charge in [0.2, 0.25) is 5.91 Å². The summed E-state index contributed by atoms with van der Waals surface area (Å²) >= 11 is 0. The third-order valence-corrected chi connectivity index (χ3v) is 5.24. The number of oxazole rings is 1. The number of hydrogen-bond donors (Lipinski definition) is 1. The molecule has 0 saturated heterocycles. The van der Waals surface area contributed by atoms with Crippen LogP contribution >= 0.6 is 12.4 Å². The smallest absolute Gasteiger partial charge is 0.227 e. The molecule has 3 aromatic rings. The van der Waals surface area contributed by atoms with Gasteiger partial charge in [0, 0.05) is 25.9 Å². The summed E-state index contributed by atoms with van der Waals surface area (Å²) in [5.74, 6) is 2.50. The highest BCUT2D eigenvalue weighted by Gasteiger charge is 2.25. The van der Waals surface area contributed by atoms with Gasteiger partial charge in [-0.05, 0) is 29.7 Å². The van der Waals surface area contributed by atoms with Crippen LogP contribution in [0.2, 0.25) is 0 Å². The molecular formula is C24H28ClN3O3. The van der Waals surface area contributed by atoms with E-state index in [0.717, 1.165) is 41.5 Å². The van der Waals surface area contributed by atoms with Crippen LogP contribution in [0.5, 0.6) is 5.75 Å². The highest BCUT2D eigenvalue weighted by atomic mass is 35.5. The number of nitrogens with zero attached hydrogens (tertiary/aromatic N) is 2. The fraction of sp³-hybridized carbons (Fsp3) is 0.333. The topological polar surface area (TPSA) is 81.6 Å². The standard InChI is InChI=1S/C24H27N3O3.ClH/c25-12-14-29-20-8-4-7-19(15-20)16-24(28)27-13-11-22-21(17-27)26-23(30-22)10-9-18-5-2-1-3-6-18;/h1-8,15H,9-14,16-17,25H2;1H. The molecule has 1 aromatic heterocycles. The molecule has 0 bridgehead atoms. The molecule has 2 N–H and O–H groups in total. The summed E-state index contributed by atoms with van der Waals surface area (Å²) in [7, 11) is 0. The number of carbonyl (C=O) groups is 1. The van der Waals surface area contributed by atoms with Gasteiger partial charge in [0.15, 0.2) is 5.89 Å². The lowest BCUT2D eigenvalue weighted by atomic mass is 10.1. The van der Waals surface area contributed by atoms with E-state index >= 15 is 0 Å². The van der Waals surface area contributed by atoms with Crippen LogP contribution in [-0.4, -0.2) is 35.5 Å². The molecule has 31 heavy (non-hydrogen) atoms. The maximum atomic E-state index is 12.8. The summed E-state index contributed by atoms with van der Waals surface area (Å²) in [6.45, 7) is 2.09. The number of aryl methyl sites for hydroxylation is 2. The summed E-state index contributed by atoms with van der Waals surface area (Å²) in [5.41, 5.74) is 8.57. The number of ether oxygens (including phenoxy) is 1. The zero-order valence-corrected chi connectivity index (χ0v) is 18.3. The molecule has 0 spiro atoms. The lowest BCUT2D eigenvalue weighted by molar-refractivity contribution is -0.131. The van der Waals surface area contributed by atoms with Crippen LogP contribution in [0.1, 0.15) is 28.5 Å². The van der Waals surface area contributed by atoms with Crippen molar-refractivity contribution in [3.63, 3.8) is 0 Å². The molecule has 0 aliphatic carbocycles. The van der Waals surface area contributed by atoms with E-state index in [1.54, 1.807) is 0 Å². The van der Waals surface area contributed by atoms with Crippen molar-refractivity contribution in [2.45, 2.75) is 32.2 Å². The first-order valence-corrected chi connectivity index (χ1v) is 10.4. The predicted molar refractivity (Wildman–Crippen MR) is 121 cm³/mol. The van der Waals surface area contributed by atoms with Crippen molar-refractivity contribution in [1.82, 2.24) is 9.88 Å². The van der Waals surface area contributed by atoms with Crippen molar-refractivity contribution < 1.29 is 13.9 Å². The molecule has 1 aliphatic heterocycles. The van der Waals surface area contributed by atoms with Crippen LogP contribution in [0.25, 0.3) is 0 Å². The van der Waals surface area contributed by atoms with Gasteiger partial charge in [-0.25, -0.2) is 4.98 Å². The molecule has 1 amide bonds. The first-order chi connectivity index (χ1) is 14.7. The summed E-state index contributed by atoms with van der Waals surface area (Å²) in [6, 6.07) is 17.9. The van der Waals surface area contributed by atoms with Crippen molar-refractivity contribution in [1.29, 1.82) is 0 Å². The second-order valence-electron chi connectivity index (χ2n) is 7.49. The van der Waals surface area contributed by atoms with Crippen molar-refractivity contribution >= 4 is 18.3 Å². The van der Waals surface area contributed by atoms with Crippen molar-refractivity contribution in [2.24, 2.45) is 5.73 Å². The lowest BCUT2D eigenvalue weighted by Crippen LogP contribution is -2.36. The number of amides is 1. The summed E-state index contributed by atoms with van der Waals surface area (Å²) in [5, 5.41) is 0. The van der Waals surface area contributed by atoms with Gasteiger partial charge < -0.3 is 19.8 Å². The zero-order chi connectivity index (χ0) is 20.8. The van der Waals surface area contributed by atoms with Crippen LogP contribution in [0.15, 0.2) is 59.0 Å². The van der Waals surface area contributed by atoms with Gasteiger partial charge in [-0.1, -0.05) is 42.5 Å². The Balaban J connectivity index is 0.00000272. The fourth-order valence-electron chi connectivity index (χ4n) is 3.68. The van der Waals surface area contributed by atoms with E-state index in [9.17, 15) is 4.79 Å². The average molecular weight is 442 g/mol. The third-order valence-electron chi connectivity index (χ3n) is 5.24. The van der Waals surface area contributed by atoms with Crippen LogP contribution in [-0.2, 0) is 37.0 Å².